The van der Waals surface area contributed by atoms with Crippen LogP contribution in [-0.2, 0) is 0 Å². The van der Waals surface area contributed by atoms with Gasteiger partial charge in [0.25, 0.3) is 0 Å². The van der Waals surface area contributed by atoms with Crippen LogP contribution < -0.4 is 0 Å². The van der Waals surface area contributed by atoms with Crippen molar-refractivity contribution in [1.29, 1.82) is 0 Å². The molecule has 2 atom stereocenters. The zero-order chi connectivity index (χ0) is 9.14. The lowest BCUT2D eigenvalue weighted by atomic mass is 9.95. The molecule has 0 unspecified atom stereocenters. The van der Waals surface area contributed by atoms with Crippen LogP contribution in [0.3, 0.4) is 0 Å². The molecule has 0 aromatic carbocycles. The highest BCUT2D eigenvalue weighted by Gasteiger charge is 2.24. The van der Waals surface area contributed by atoms with Crippen LogP contribution in [-0.4, -0.2) is 35.7 Å². The largest absolute Gasteiger partial charge is 0.395 e. The number of rotatable bonds is 2. The number of likely N-dealkylation sites (N-methyl/N-ethyl adjacent to an activating group) is 1. The molecule has 70 valence electrons. The number of aliphatic hydroxyl groups excluding tert-OH is 1. The molecule has 0 aromatic heterocycles. The molecule has 1 aliphatic heterocycles. The molecule has 2 nitrogen and oxygen atoms in total. The molecule has 0 bridgehead atoms. The van der Waals surface area contributed by atoms with Gasteiger partial charge in [0, 0.05) is 12.1 Å². The fourth-order valence-electron chi connectivity index (χ4n) is 1.82. The predicted molar refractivity (Wildman–Crippen MR) is 51.0 cm³/mol. The van der Waals surface area contributed by atoms with Crippen molar-refractivity contribution in [3.63, 3.8) is 0 Å². The van der Waals surface area contributed by atoms with Gasteiger partial charge in [0.15, 0.2) is 0 Å². The second-order valence-corrected chi connectivity index (χ2v) is 3.90. The molecule has 0 saturated heterocycles. The number of aliphatic hydroxyl groups is 1. The molecule has 0 aromatic rings. The van der Waals surface area contributed by atoms with E-state index in [9.17, 15) is 0 Å². The first-order chi connectivity index (χ1) is 5.66. The summed E-state index contributed by atoms with van der Waals surface area (Å²) in [6.07, 6.45) is 5.42. The lowest BCUT2D eigenvalue weighted by Gasteiger charge is -2.37. The molecule has 0 spiro atoms. The monoisotopic (exact) mass is 169 g/mol. The molecule has 0 aliphatic carbocycles. The summed E-state index contributed by atoms with van der Waals surface area (Å²) >= 11 is 0. The van der Waals surface area contributed by atoms with Crippen molar-refractivity contribution in [3.05, 3.63) is 12.2 Å². The fraction of sp³-hybridized carbons (Fsp3) is 0.800. The van der Waals surface area contributed by atoms with Gasteiger partial charge in [-0.2, -0.15) is 0 Å². The maximum atomic E-state index is 9.09. The minimum Gasteiger partial charge on any atom is -0.395 e. The average Bonchev–Trinajstić information content (AvgIpc) is 2.04. The van der Waals surface area contributed by atoms with Crippen LogP contribution in [0, 0.1) is 5.92 Å². The van der Waals surface area contributed by atoms with E-state index in [-0.39, 0.29) is 6.61 Å². The predicted octanol–water partition coefficient (Wildman–Crippen LogP) is 1.26. The second-order valence-electron chi connectivity index (χ2n) is 3.90. The third-order valence-electron chi connectivity index (χ3n) is 2.68. The summed E-state index contributed by atoms with van der Waals surface area (Å²) in [6.45, 7) is 4.70. The Kier molecular flexibility index (Phi) is 3.29. The smallest absolute Gasteiger partial charge is 0.0590 e. The summed E-state index contributed by atoms with van der Waals surface area (Å²) in [4.78, 5) is 2.27. The normalized spacial score (nSPS) is 31.4. The molecule has 1 heterocycles. The van der Waals surface area contributed by atoms with E-state index in [1.165, 1.54) is 0 Å². The topological polar surface area (TPSA) is 23.5 Å². The first kappa shape index (κ1) is 9.75. The van der Waals surface area contributed by atoms with Gasteiger partial charge >= 0.3 is 0 Å². The molecule has 0 saturated carbocycles. The number of nitrogens with zero attached hydrogens (tertiary/aromatic N) is 1. The minimum absolute atomic E-state index is 0.268. The zero-order valence-corrected chi connectivity index (χ0v) is 8.20. The summed E-state index contributed by atoms with van der Waals surface area (Å²) in [7, 11) is 2.09. The number of hydrogen-bond donors (Lipinski definition) is 1. The summed E-state index contributed by atoms with van der Waals surface area (Å²) in [5, 5.41) is 9.09. The van der Waals surface area contributed by atoms with Gasteiger partial charge in [0.2, 0.25) is 0 Å². The van der Waals surface area contributed by atoms with E-state index in [4.69, 9.17) is 5.11 Å². The summed E-state index contributed by atoms with van der Waals surface area (Å²) in [5.74, 6) is 0.626. The van der Waals surface area contributed by atoms with E-state index >= 15 is 0 Å². The van der Waals surface area contributed by atoms with Gasteiger partial charge in [0.1, 0.15) is 0 Å². The highest BCUT2D eigenvalue weighted by atomic mass is 16.3. The van der Waals surface area contributed by atoms with Crippen molar-refractivity contribution in [2.75, 3.05) is 13.7 Å². The molecule has 1 rings (SSSR count). The molecule has 0 amide bonds. The molecule has 1 N–H and O–H groups in total. The highest BCUT2D eigenvalue weighted by molar-refractivity contribution is 5.03. The lowest BCUT2D eigenvalue weighted by molar-refractivity contribution is 0.101. The van der Waals surface area contributed by atoms with E-state index in [0.717, 1.165) is 6.42 Å². The fourth-order valence-corrected chi connectivity index (χ4v) is 1.82. The van der Waals surface area contributed by atoms with E-state index in [2.05, 4.69) is 37.9 Å². The molecular formula is C10H19NO. The van der Waals surface area contributed by atoms with Gasteiger partial charge in [-0.15, -0.1) is 0 Å². The van der Waals surface area contributed by atoms with Crippen molar-refractivity contribution in [2.24, 2.45) is 5.92 Å². The summed E-state index contributed by atoms with van der Waals surface area (Å²) < 4.78 is 0. The van der Waals surface area contributed by atoms with E-state index in [1.807, 2.05) is 0 Å². The quantitative estimate of drug-likeness (QED) is 0.629. The Labute approximate surface area is 74.9 Å². The van der Waals surface area contributed by atoms with E-state index in [1.54, 1.807) is 0 Å². The third-order valence-corrected chi connectivity index (χ3v) is 2.68. The Morgan fingerprint density at radius 1 is 1.58 bits per heavy atom. The van der Waals surface area contributed by atoms with Crippen LogP contribution in [0.25, 0.3) is 0 Å². The zero-order valence-electron chi connectivity index (χ0n) is 8.20. The van der Waals surface area contributed by atoms with Crippen LogP contribution in [0.2, 0.25) is 0 Å². The molecule has 2 heteroatoms. The average molecular weight is 169 g/mol. The molecular weight excluding hydrogens is 150 g/mol. The van der Waals surface area contributed by atoms with Crippen molar-refractivity contribution in [3.8, 4) is 0 Å². The van der Waals surface area contributed by atoms with Gasteiger partial charge in [0.05, 0.1) is 6.61 Å². The molecule has 0 radical (unpaired) electrons. The van der Waals surface area contributed by atoms with Crippen LogP contribution in [0.15, 0.2) is 12.2 Å². The second kappa shape index (κ2) is 4.06. The first-order valence-electron chi connectivity index (χ1n) is 4.66. The van der Waals surface area contributed by atoms with Crippen molar-refractivity contribution in [1.82, 2.24) is 4.90 Å². The van der Waals surface area contributed by atoms with Gasteiger partial charge in [-0.05, 0) is 19.4 Å². The maximum Gasteiger partial charge on any atom is 0.0590 e. The Morgan fingerprint density at radius 2 is 2.25 bits per heavy atom. The van der Waals surface area contributed by atoms with Crippen LogP contribution in [0.1, 0.15) is 20.3 Å². The first-order valence-corrected chi connectivity index (χ1v) is 4.66. The standard InChI is InChI=1S/C10H19NO/c1-8(2)10-6-4-5-9(7-12)11(10)3/h4,6,8-10,12H,5,7H2,1-3H3/t9-,10+/m0/s1. The summed E-state index contributed by atoms with van der Waals surface area (Å²) in [5.41, 5.74) is 0. The minimum atomic E-state index is 0.268. The van der Waals surface area contributed by atoms with Crippen LogP contribution in [0.4, 0.5) is 0 Å². The Balaban J connectivity index is 2.64. The van der Waals surface area contributed by atoms with Crippen LogP contribution in [0.5, 0.6) is 0 Å². The van der Waals surface area contributed by atoms with Crippen molar-refractivity contribution < 1.29 is 5.11 Å². The molecule has 12 heavy (non-hydrogen) atoms. The van der Waals surface area contributed by atoms with Gasteiger partial charge in [-0.25, -0.2) is 0 Å². The Hall–Kier alpha value is -0.340. The molecule has 0 fully saturated rings. The van der Waals surface area contributed by atoms with Crippen molar-refractivity contribution in [2.45, 2.75) is 32.4 Å². The maximum absolute atomic E-state index is 9.09. The van der Waals surface area contributed by atoms with Crippen molar-refractivity contribution >= 4 is 0 Å². The Bertz CT molecular complexity index is 165. The van der Waals surface area contributed by atoms with E-state index in [0.29, 0.717) is 18.0 Å². The summed E-state index contributed by atoms with van der Waals surface area (Å²) in [6, 6.07) is 0.818. The highest BCUT2D eigenvalue weighted by Crippen LogP contribution is 2.20. The Morgan fingerprint density at radius 3 is 2.75 bits per heavy atom. The van der Waals surface area contributed by atoms with Gasteiger partial charge < -0.3 is 5.11 Å². The number of hydrogen-bond acceptors (Lipinski definition) is 2. The SMILES string of the molecule is CC(C)[C@H]1C=CC[C@@H](CO)N1C. The van der Waals surface area contributed by atoms with Crippen LogP contribution >= 0.6 is 0 Å². The van der Waals surface area contributed by atoms with Gasteiger partial charge in [-0.1, -0.05) is 26.0 Å². The molecule has 1 aliphatic rings. The van der Waals surface area contributed by atoms with E-state index < -0.39 is 0 Å². The third kappa shape index (κ3) is 1.87. The lowest BCUT2D eigenvalue weighted by Crippen LogP contribution is -2.45. The van der Waals surface area contributed by atoms with Gasteiger partial charge in [-0.3, -0.25) is 4.90 Å².